The number of imide groups is 2. The van der Waals surface area contributed by atoms with Crippen LogP contribution in [0.5, 0.6) is 5.75 Å². The van der Waals surface area contributed by atoms with Gasteiger partial charge in [0.05, 0.1) is 42.4 Å². The number of hydrogen-bond donors (Lipinski definition) is 3. The van der Waals surface area contributed by atoms with E-state index in [0.29, 0.717) is 62.0 Å². The van der Waals surface area contributed by atoms with E-state index >= 15 is 0 Å². The topological polar surface area (TPSA) is 193 Å². The SMILES string of the molecule is COc1cc(C(=O)NN2CCN(C3CCN(c4cccc5c4C(=O)N(C4CCC(=O)NC4=O)C5=O)C3)CC2)ccc1Nc1ncc2c(n1)N(C(C)C)CC(F)(F)C(=O)N2C. The molecule has 1 aromatic heterocycles. The Morgan fingerprint density at radius 2 is 1.75 bits per heavy atom. The van der Waals surface area contributed by atoms with Gasteiger partial charge in [0, 0.05) is 70.4 Å². The number of halogens is 2. The van der Waals surface area contributed by atoms with Crippen molar-refractivity contribution in [3.05, 3.63) is 59.3 Å². The maximum atomic E-state index is 14.8. The Kier molecular flexibility index (Phi) is 10.6. The van der Waals surface area contributed by atoms with Gasteiger partial charge in [-0.2, -0.15) is 13.8 Å². The number of aromatic nitrogens is 2. The molecule has 3 saturated heterocycles. The van der Waals surface area contributed by atoms with Gasteiger partial charge in [-0.15, -0.1) is 0 Å². The number of amides is 6. The van der Waals surface area contributed by atoms with Gasteiger partial charge in [0.15, 0.2) is 5.82 Å². The van der Waals surface area contributed by atoms with Gasteiger partial charge >= 0.3 is 5.92 Å². The Bertz CT molecular complexity index is 2290. The van der Waals surface area contributed by atoms with Crippen molar-refractivity contribution in [2.75, 3.05) is 80.0 Å². The number of hydrazine groups is 1. The number of rotatable bonds is 9. The van der Waals surface area contributed by atoms with Crippen molar-refractivity contribution in [2.45, 2.75) is 57.2 Å². The van der Waals surface area contributed by atoms with Gasteiger partial charge in [-0.3, -0.25) is 49.3 Å². The van der Waals surface area contributed by atoms with Crippen LogP contribution < -0.4 is 35.5 Å². The Labute approximate surface area is 343 Å². The zero-order valence-electron chi connectivity index (χ0n) is 33.5. The van der Waals surface area contributed by atoms with E-state index in [0.717, 1.165) is 16.2 Å². The summed E-state index contributed by atoms with van der Waals surface area (Å²) < 4.78 is 35.1. The van der Waals surface area contributed by atoms with Gasteiger partial charge in [-0.25, -0.2) is 9.99 Å². The number of benzene rings is 2. The molecule has 3 N–H and O–H groups in total. The molecule has 5 aliphatic rings. The molecule has 316 valence electrons. The number of piperazine rings is 1. The van der Waals surface area contributed by atoms with Crippen LogP contribution in [-0.2, 0) is 14.4 Å². The Morgan fingerprint density at radius 1 is 0.983 bits per heavy atom. The summed E-state index contributed by atoms with van der Waals surface area (Å²) in [5.41, 5.74) is 5.07. The highest BCUT2D eigenvalue weighted by Crippen LogP contribution is 2.39. The van der Waals surface area contributed by atoms with Crippen LogP contribution in [0.4, 0.5) is 37.6 Å². The molecular weight excluding hydrogens is 785 g/mol. The lowest BCUT2D eigenvalue weighted by Crippen LogP contribution is -2.56. The van der Waals surface area contributed by atoms with Gasteiger partial charge < -0.3 is 24.8 Å². The van der Waals surface area contributed by atoms with Gasteiger partial charge in [0.2, 0.25) is 17.8 Å². The molecule has 0 bridgehead atoms. The monoisotopic (exact) mass is 829 g/mol. The molecule has 6 amide bonds. The molecule has 18 nitrogen and oxygen atoms in total. The Morgan fingerprint density at radius 3 is 2.47 bits per heavy atom. The molecule has 60 heavy (non-hydrogen) atoms. The van der Waals surface area contributed by atoms with E-state index < -0.39 is 54.1 Å². The first-order chi connectivity index (χ1) is 28.6. The summed E-state index contributed by atoms with van der Waals surface area (Å²) in [7, 11) is 2.71. The number of carbonyl (C=O) groups excluding carboxylic acids is 6. The fraction of sp³-hybridized carbons (Fsp3) is 0.450. The van der Waals surface area contributed by atoms with Crippen LogP contribution in [0.25, 0.3) is 0 Å². The minimum Gasteiger partial charge on any atom is -0.495 e. The van der Waals surface area contributed by atoms with Crippen LogP contribution in [0.3, 0.4) is 0 Å². The molecule has 3 aromatic rings. The van der Waals surface area contributed by atoms with Gasteiger partial charge in [0.1, 0.15) is 17.5 Å². The van der Waals surface area contributed by atoms with Crippen LogP contribution >= 0.6 is 0 Å². The van der Waals surface area contributed by atoms with E-state index in [1.54, 1.807) is 44.2 Å². The van der Waals surface area contributed by atoms with Crippen molar-refractivity contribution in [1.82, 2.24) is 35.5 Å². The molecular formula is C40H45F2N11O7. The summed E-state index contributed by atoms with van der Waals surface area (Å²) in [4.78, 5) is 93.7. The van der Waals surface area contributed by atoms with Crippen molar-refractivity contribution >= 4 is 64.3 Å². The average Bonchev–Trinajstić information content (AvgIpc) is 3.80. The molecule has 0 saturated carbocycles. The average molecular weight is 830 g/mol. The Balaban J connectivity index is 0.873. The second kappa shape index (κ2) is 15.7. The standard InChI is InChI=1S/C40H45F2N11O7/c1-22(2)52-21-40(41,42)38(59)48(3)29-19-43-39(46-33(29)52)44-26-9-8-23(18-30(26)60-4)34(55)47-51-16-14-49(15-17-51)24-12-13-50(20-24)27-7-5-6-25-32(27)37(58)53(36(25)57)28-10-11-31(54)45-35(28)56/h5-9,18-19,22,24,28H,10-17,20-21H2,1-4H3,(H,47,55)(H,43,44,46)(H,45,54,56). The van der Waals surface area contributed by atoms with Crippen molar-refractivity contribution in [3.63, 3.8) is 0 Å². The fourth-order valence-electron chi connectivity index (χ4n) is 8.50. The normalized spacial score (nSPS) is 22.2. The second-order valence-corrected chi connectivity index (χ2v) is 15.7. The van der Waals surface area contributed by atoms with Crippen LogP contribution in [0.15, 0.2) is 42.6 Å². The highest BCUT2D eigenvalue weighted by Gasteiger charge is 2.49. The second-order valence-electron chi connectivity index (χ2n) is 15.7. The third-order valence-corrected chi connectivity index (χ3v) is 11.7. The first-order valence-corrected chi connectivity index (χ1v) is 19.8. The first-order valence-electron chi connectivity index (χ1n) is 19.8. The van der Waals surface area contributed by atoms with E-state index in [2.05, 4.69) is 35.8 Å². The van der Waals surface area contributed by atoms with E-state index in [1.165, 1.54) is 25.3 Å². The van der Waals surface area contributed by atoms with Crippen LogP contribution in [0, 0.1) is 0 Å². The number of alkyl halides is 2. The summed E-state index contributed by atoms with van der Waals surface area (Å²) in [6.45, 7) is 6.39. The largest absolute Gasteiger partial charge is 0.495 e. The zero-order valence-corrected chi connectivity index (χ0v) is 33.5. The quantitative estimate of drug-likeness (QED) is 0.265. The predicted molar refractivity (Wildman–Crippen MR) is 213 cm³/mol. The number of anilines is 5. The summed E-state index contributed by atoms with van der Waals surface area (Å²) in [5.74, 6) is -6.88. The summed E-state index contributed by atoms with van der Waals surface area (Å²) in [5, 5.41) is 7.15. The number of piperidine rings is 1. The highest BCUT2D eigenvalue weighted by atomic mass is 19.3. The lowest BCUT2D eigenvalue weighted by Gasteiger charge is -2.38. The molecule has 3 fully saturated rings. The number of methoxy groups -OCH3 is 1. The van der Waals surface area contributed by atoms with E-state index in [9.17, 15) is 37.5 Å². The minimum absolute atomic E-state index is 0.0500. The number of nitrogens with one attached hydrogen (secondary N) is 3. The fourth-order valence-corrected chi connectivity index (χ4v) is 8.50. The molecule has 2 unspecified atom stereocenters. The van der Waals surface area contributed by atoms with Gasteiger partial charge in [0.25, 0.3) is 23.6 Å². The number of carbonyl (C=O) groups is 6. The molecule has 8 rings (SSSR count). The number of nitrogens with zero attached hydrogens (tertiary/aromatic N) is 8. The molecule has 0 radical (unpaired) electrons. The van der Waals surface area contributed by atoms with Crippen LogP contribution in [0.2, 0.25) is 0 Å². The van der Waals surface area contributed by atoms with Crippen molar-refractivity contribution in [1.29, 1.82) is 0 Å². The minimum atomic E-state index is -3.62. The number of hydrogen-bond acceptors (Lipinski definition) is 14. The number of ether oxygens (including phenoxy) is 1. The van der Waals surface area contributed by atoms with Crippen molar-refractivity contribution < 1.29 is 42.3 Å². The van der Waals surface area contributed by atoms with Gasteiger partial charge in [-0.1, -0.05) is 6.07 Å². The summed E-state index contributed by atoms with van der Waals surface area (Å²) in [6, 6.07) is 8.71. The lowest BCUT2D eigenvalue weighted by molar-refractivity contribution is -0.140. The summed E-state index contributed by atoms with van der Waals surface area (Å²) >= 11 is 0. The van der Waals surface area contributed by atoms with E-state index in [-0.39, 0.29) is 53.4 Å². The lowest BCUT2D eigenvalue weighted by atomic mass is 10.0. The molecule has 2 atom stereocenters. The van der Waals surface area contributed by atoms with Crippen molar-refractivity contribution in [2.24, 2.45) is 0 Å². The number of fused-ring (bicyclic) bond motifs is 2. The molecule has 20 heteroatoms. The maximum Gasteiger partial charge on any atom is 0.342 e. The molecule has 0 spiro atoms. The molecule has 0 aliphatic carbocycles. The van der Waals surface area contributed by atoms with Crippen LogP contribution in [-0.4, -0.2) is 144 Å². The molecule has 6 heterocycles. The third-order valence-electron chi connectivity index (χ3n) is 11.7. The summed E-state index contributed by atoms with van der Waals surface area (Å²) in [6.07, 6.45) is 2.28. The third kappa shape index (κ3) is 7.33. The molecule has 5 aliphatic heterocycles. The van der Waals surface area contributed by atoms with Crippen molar-refractivity contribution in [3.8, 4) is 5.75 Å². The molecule has 2 aromatic carbocycles. The van der Waals surface area contributed by atoms with E-state index in [1.807, 2.05) is 11.1 Å². The first kappa shape index (κ1) is 40.5. The van der Waals surface area contributed by atoms with Gasteiger partial charge in [-0.05, 0) is 57.0 Å². The Hall–Kier alpha value is -6.28. The zero-order chi connectivity index (χ0) is 42.6. The smallest absolute Gasteiger partial charge is 0.342 e. The van der Waals surface area contributed by atoms with E-state index in [4.69, 9.17) is 4.74 Å². The highest BCUT2D eigenvalue weighted by molar-refractivity contribution is 6.25. The maximum absolute atomic E-state index is 14.8. The predicted octanol–water partition coefficient (Wildman–Crippen LogP) is 2.00. The van der Waals surface area contributed by atoms with Crippen LogP contribution in [0.1, 0.15) is 64.2 Å².